The largest absolute Gasteiger partial charge is 0.279 e. The Balaban J connectivity index is 1.66. The highest BCUT2D eigenvalue weighted by Crippen LogP contribution is 2.50. The molecule has 0 spiro atoms. The smallest absolute Gasteiger partial charge is 0.248 e. The molecule has 0 bridgehead atoms. The molecule has 5 nitrogen and oxygen atoms in total. The molecule has 5 rings (SSSR count). The third-order valence-corrected chi connectivity index (χ3v) is 7.08. The summed E-state index contributed by atoms with van der Waals surface area (Å²) >= 11 is 9.71. The molecule has 1 amide bonds. The Kier molecular flexibility index (Phi) is 4.06. The molecule has 26 heavy (non-hydrogen) atoms. The number of anilines is 1. The second-order valence-corrected chi connectivity index (χ2v) is 8.59. The highest BCUT2D eigenvalue weighted by molar-refractivity contribution is 7.13. The van der Waals surface area contributed by atoms with Crippen molar-refractivity contribution in [3.8, 4) is 0 Å². The van der Waals surface area contributed by atoms with Gasteiger partial charge in [-0.2, -0.15) is 0 Å². The summed E-state index contributed by atoms with van der Waals surface area (Å²) in [4.78, 5) is 20.7. The van der Waals surface area contributed by atoms with E-state index in [0.29, 0.717) is 10.2 Å². The lowest BCUT2D eigenvalue weighted by atomic mass is 9.86. The van der Waals surface area contributed by atoms with Crippen LogP contribution in [-0.4, -0.2) is 16.9 Å². The normalized spacial score (nSPS) is 27.9. The zero-order chi connectivity index (χ0) is 17.7. The van der Waals surface area contributed by atoms with Crippen molar-refractivity contribution < 1.29 is 4.79 Å². The number of halogens is 1. The highest BCUT2D eigenvalue weighted by Gasteiger charge is 2.57. The third-order valence-electron chi connectivity index (χ3n) is 5.01. The summed E-state index contributed by atoms with van der Waals surface area (Å²) in [6, 6.07) is 11.5. The molecule has 2 aliphatic heterocycles. The Morgan fingerprint density at radius 3 is 2.62 bits per heavy atom. The minimum atomic E-state index is -0.313. The maximum Gasteiger partial charge on any atom is 0.248 e. The molecule has 0 saturated carbocycles. The van der Waals surface area contributed by atoms with E-state index in [1.54, 1.807) is 17.5 Å². The van der Waals surface area contributed by atoms with Crippen molar-refractivity contribution in [2.45, 2.75) is 18.1 Å². The van der Waals surface area contributed by atoms with E-state index < -0.39 is 0 Å². The van der Waals surface area contributed by atoms with Gasteiger partial charge in [-0.15, -0.1) is 22.7 Å². The molecule has 2 N–H and O–H groups in total. The van der Waals surface area contributed by atoms with E-state index in [-0.39, 0.29) is 30.0 Å². The molecule has 2 fully saturated rings. The predicted octanol–water partition coefficient (Wildman–Crippen LogP) is 3.78. The molecule has 4 atom stereocenters. The fourth-order valence-corrected chi connectivity index (χ4v) is 5.72. The molecule has 0 radical (unpaired) electrons. The first-order chi connectivity index (χ1) is 12.8. The number of thiophene rings is 1. The van der Waals surface area contributed by atoms with Gasteiger partial charge in [-0.1, -0.05) is 35.9 Å². The first kappa shape index (κ1) is 16.4. The number of aromatic nitrogens is 1. The lowest BCUT2D eigenvalue weighted by Gasteiger charge is -2.29. The summed E-state index contributed by atoms with van der Waals surface area (Å²) in [6.07, 6.45) is 1.73. The van der Waals surface area contributed by atoms with Gasteiger partial charge >= 0.3 is 0 Å². The van der Waals surface area contributed by atoms with Gasteiger partial charge in [0.2, 0.25) is 5.91 Å². The van der Waals surface area contributed by atoms with Crippen molar-refractivity contribution in [3.63, 3.8) is 0 Å². The number of amides is 1. The molecule has 4 heterocycles. The maximum absolute atomic E-state index is 13.2. The number of carbonyl (C=O) groups is 1. The molecule has 1 aromatic carbocycles. The molecule has 8 heteroatoms. The lowest BCUT2D eigenvalue weighted by molar-refractivity contribution is -0.119. The number of nitrogens with one attached hydrogen (secondary N) is 2. The number of nitrogens with zero attached hydrogens (tertiary/aromatic N) is 2. The van der Waals surface area contributed by atoms with Gasteiger partial charge in [0.15, 0.2) is 5.13 Å². The van der Waals surface area contributed by atoms with E-state index in [1.807, 2.05) is 40.6 Å². The van der Waals surface area contributed by atoms with Crippen LogP contribution in [0.4, 0.5) is 5.13 Å². The molecule has 2 saturated heterocycles. The van der Waals surface area contributed by atoms with E-state index in [1.165, 1.54) is 16.2 Å². The molecular weight excluding hydrogens is 388 g/mol. The van der Waals surface area contributed by atoms with Crippen molar-refractivity contribution in [3.05, 3.63) is 68.8 Å². The maximum atomic E-state index is 13.2. The molecule has 2 aliphatic rings. The number of thiazole rings is 1. The van der Waals surface area contributed by atoms with Crippen molar-refractivity contribution in [2.75, 3.05) is 4.90 Å². The van der Waals surface area contributed by atoms with E-state index in [0.717, 1.165) is 5.56 Å². The Bertz CT molecular complexity index is 931. The highest BCUT2D eigenvalue weighted by atomic mass is 35.5. The number of benzene rings is 1. The summed E-state index contributed by atoms with van der Waals surface area (Å²) in [5, 5.41) is 5.33. The van der Waals surface area contributed by atoms with Gasteiger partial charge in [0, 0.05) is 27.4 Å². The minimum Gasteiger partial charge on any atom is -0.279 e. The second-order valence-electron chi connectivity index (χ2n) is 6.33. The number of carbonyl (C=O) groups excluding carboxylic acids is 1. The summed E-state index contributed by atoms with van der Waals surface area (Å²) in [5.41, 5.74) is 7.50. The minimum absolute atomic E-state index is 0.0185. The number of rotatable bonds is 3. The monoisotopic (exact) mass is 402 g/mol. The van der Waals surface area contributed by atoms with E-state index >= 15 is 0 Å². The Morgan fingerprint density at radius 1 is 1.04 bits per heavy atom. The van der Waals surface area contributed by atoms with Gasteiger partial charge in [0.1, 0.15) is 6.04 Å². The van der Waals surface area contributed by atoms with Crippen molar-refractivity contribution >= 4 is 45.3 Å². The summed E-state index contributed by atoms with van der Waals surface area (Å²) < 4.78 is 0. The van der Waals surface area contributed by atoms with Crippen LogP contribution >= 0.6 is 34.3 Å². The molecule has 0 aliphatic carbocycles. The summed E-state index contributed by atoms with van der Waals surface area (Å²) in [6.45, 7) is 0. The number of hydrogen-bond acceptors (Lipinski definition) is 6. The average Bonchev–Trinajstić information content (AvgIpc) is 3.42. The lowest BCUT2D eigenvalue weighted by Crippen LogP contribution is -2.41. The van der Waals surface area contributed by atoms with Gasteiger partial charge in [0.25, 0.3) is 0 Å². The van der Waals surface area contributed by atoms with E-state index in [4.69, 9.17) is 11.6 Å². The van der Waals surface area contributed by atoms with Crippen LogP contribution in [0, 0.1) is 5.92 Å². The van der Waals surface area contributed by atoms with Crippen LogP contribution in [0.3, 0.4) is 0 Å². The average molecular weight is 403 g/mol. The van der Waals surface area contributed by atoms with Gasteiger partial charge < -0.3 is 0 Å². The molecule has 3 aromatic rings. The molecule has 2 aromatic heterocycles. The number of fused-ring (bicyclic) bond motifs is 1. The standard InChI is InChI=1S/C18H15ClN4OS2/c19-11-5-2-1-4-10(11)16-13-14(12-6-3-8-25-12)21-22-15(13)17(24)23(16)18-20-7-9-26-18/h1-9,13-16,21-22H. The fourth-order valence-electron chi connectivity index (χ4n) is 3.95. The van der Waals surface area contributed by atoms with Crippen LogP contribution < -0.4 is 15.8 Å². The topological polar surface area (TPSA) is 57.3 Å². The van der Waals surface area contributed by atoms with E-state index in [9.17, 15) is 4.79 Å². The first-order valence-electron chi connectivity index (χ1n) is 8.27. The SMILES string of the molecule is O=C1C2NNC(c3cccs3)C2C(c2ccccc2Cl)N1c1nccs1. The fraction of sp³-hybridized carbons (Fsp3) is 0.222. The van der Waals surface area contributed by atoms with Crippen molar-refractivity contribution in [1.29, 1.82) is 0 Å². The van der Waals surface area contributed by atoms with Crippen LogP contribution in [0.25, 0.3) is 0 Å². The summed E-state index contributed by atoms with van der Waals surface area (Å²) in [7, 11) is 0. The van der Waals surface area contributed by atoms with Crippen LogP contribution in [0.1, 0.15) is 22.5 Å². The van der Waals surface area contributed by atoms with E-state index in [2.05, 4.69) is 27.3 Å². The van der Waals surface area contributed by atoms with Gasteiger partial charge in [-0.25, -0.2) is 15.8 Å². The Labute approximate surface area is 163 Å². The van der Waals surface area contributed by atoms with Gasteiger partial charge in [-0.3, -0.25) is 9.69 Å². The Morgan fingerprint density at radius 2 is 1.88 bits per heavy atom. The quantitative estimate of drug-likeness (QED) is 0.700. The van der Waals surface area contributed by atoms with Crippen LogP contribution in [0.2, 0.25) is 5.02 Å². The molecule has 4 unspecified atom stereocenters. The van der Waals surface area contributed by atoms with Crippen LogP contribution in [-0.2, 0) is 4.79 Å². The summed E-state index contributed by atoms with van der Waals surface area (Å²) in [5.74, 6) is 0.0476. The molecule has 132 valence electrons. The zero-order valence-electron chi connectivity index (χ0n) is 13.5. The zero-order valence-corrected chi connectivity index (χ0v) is 15.9. The second kappa shape index (κ2) is 6.44. The Hall–Kier alpha value is -1.77. The first-order valence-corrected chi connectivity index (χ1v) is 10.4. The van der Waals surface area contributed by atoms with Crippen LogP contribution in [0.15, 0.2) is 53.4 Å². The van der Waals surface area contributed by atoms with Crippen molar-refractivity contribution in [1.82, 2.24) is 15.8 Å². The predicted molar refractivity (Wildman–Crippen MR) is 104 cm³/mol. The van der Waals surface area contributed by atoms with Gasteiger partial charge in [-0.05, 0) is 23.1 Å². The van der Waals surface area contributed by atoms with Crippen LogP contribution in [0.5, 0.6) is 0 Å². The molecular formula is C18H15ClN4OS2. The third kappa shape index (κ3) is 2.43. The number of hydrogen-bond donors (Lipinski definition) is 2. The van der Waals surface area contributed by atoms with Crippen molar-refractivity contribution in [2.24, 2.45) is 5.92 Å². The number of hydrazine groups is 1. The van der Waals surface area contributed by atoms with Gasteiger partial charge in [0.05, 0.1) is 12.1 Å².